The molecule has 0 saturated heterocycles. The number of rotatable bonds is 6. The van der Waals surface area contributed by atoms with Gasteiger partial charge in [-0.05, 0) is 49.6 Å². The second-order valence-corrected chi connectivity index (χ2v) is 8.10. The monoisotopic (exact) mass is 378 g/mol. The van der Waals surface area contributed by atoms with Gasteiger partial charge in [0.1, 0.15) is 11.9 Å². The molecule has 7 heteroatoms. The molecule has 2 aromatic carbocycles. The van der Waals surface area contributed by atoms with E-state index < -0.39 is 27.8 Å². The maximum atomic E-state index is 14.2. The van der Waals surface area contributed by atoms with Crippen molar-refractivity contribution in [1.82, 2.24) is 0 Å². The number of aryl methyl sites for hydroxylation is 2. The van der Waals surface area contributed by atoms with Crippen LogP contribution in [0.5, 0.6) is 0 Å². The minimum absolute atomic E-state index is 0.141. The Hall–Kier alpha value is -2.41. The molecule has 2 rings (SSSR count). The van der Waals surface area contributed by atoms with E-state index >= 15 is 0 Å². The van der Waals surface area contributed by atoms with Crippen molar-refractivity contribution < 1.29 is 17.6 Å². The highest BCUT2D eigenvalue weighted by Crippen LogP contribution is 2.26. The van der Waals surface area contributed by atoms with E-state index in [1.807, 2.05) is 32.0 Å². The average Bonchev–Trinajstić information content (AvgIpc) is 2.55. The van der Waals surface area contributed by atoms with Crippen LogP contribution in [0.1, 0.15) is 24.5 Å². The first kappa shape index (κ1) is 19.9. The zero-order chi connectivity index (χ0) is 19.5. The largest absolute Gasteiger partial charge is 0.324 e. The van der Waals surface area contributed by atoms with Crippen LogP contribution in [-0.4, -0.2) is 26.6 Å². The Morgan fingerprint density at radius 2 is 1.85 bits per heavy atom. The number of carbonyl (C=O) groups is 1. The third-order valence-corrected chi connectivity index (χ3v) is 5.24. The Balaban J connectivity index is 2.44. The summed E-state index contributed by atoms with van der Waals surface area (Å²) in [4.78, 5) is 12.8. The molecule has 0 bridgehead atoms. The van der Waals surface area contributed by atoms with Gasteiger partial charge in [-0.1, -0.05) is 31.2 Å². The summed E-state index contributed by atoms with van der Waals surface area (Å²) in [7, 11) is -3.87. The zero-order valence-corrected chi connectivity index (χ0v) is 16.1. The maximum absolute atomic E-state index is 14.2. The van der Waals surface area contributed by atoms with Gasteiger partial charge in [0.15, 0.2) is 0 Å². The molecule has 2 aromatic rings. The third kappa shape index (κ3) is 4.40. The van der Waals surface area contributed by atoms with Crippen molar-refractivity contribution in [2.75, 3.05) is 15.9 Å². The summed E-state index contributed by atoms with van der Waals surface area (Å²) in [6.07, 6.45) is 1.16. The van der Waals surface area contributed by atoms with Crippen molar-refractivity contribution in [3.8, 4) is 0 Å². The number of amides is 1. The molecule has 0 radical (unpaired) electrons. The molecule has 0 fully saturated rings. The molecule has 1 atom stereocenters. The SMILES string of the molecule is CCC(C(=O)Nc1cc(C)ccc1C)N(c1ccccc1F)S(C)(=O)=O. The molecule has 140 valence electrons. The average molecular weight is 378 g/mol. The molecule has 1 amide bonds. The number of sulfonamides is 1. The summed E-state index contributed by atoms with van der Waals surface area (Å²) in [5.41, 5.74) is 2.29. The maximum Gasteiger partial charge on any atom is 0.248 e. The Morgan fingerprint density at radius 1 is 1.19 bits per heavy atom. The van der Waals surface area contributed by atoms with Crippen molar-refractivity contribution in [3.05, 3.63) is 59.4 Å². The lowest BCUT2D eigenvalue weighted by Crippen LogP contribution is -2.47. The Labute approximate surface area is 153 Å². The van der Waals surface area contributed by atoms with Crippen molar-refractivity contribution in [2.45, 2.75) is 33.2 Å². The van der Waals surface area contributed by atoms with Gasteiger partial charge in [0, 0.05) is 5.69 Å². The third-order valence-electron chi connectivity index (χ3n) is 4.07. The lowest BCUT2D eigenvalue weighted by atomic mass is 10.1. The standard InChI is InChI=1S/C19H23FN2O3S/c1-5-17(19(23)21-16-12-13(2)10-11-14(16)3)22(26(4,24)25)18-9-7-6-8-15(18)20/h6-12,17H,5H2,1-4H3,(H,21,23). The van der Waals surface area contributed by atoms with Gasteiger partial charge in [-0.15, -0.1) is 0 Å². The lowest BCUT2D eigenvalue weighted by Gasteiger charge is -2.30. The van der Waals surface area contributed by atoms with Crippen LogP contribution in [-0.2, 0) is 14.8 Å². The molecule has 1 unspecified atom stereocenters. The van der Waals surface area contributed by atoms with Crippen LogP contribution in [0.2, 0.25) is 0 Å². The van der Waals surface area contributed by atoms with Crippen LogP contribution in [0.25, 0.3) is 0 Å². The highest BCUT2D eigenvalue weighted by Gasteiger charge is 2.33. The molecule has 26 heavy (non-hydrogen) atoms. The summed E-state index contributed by atoms with van der Waals surface area (Å²) < 4.78 is 39.8. The molecule has 0 aliphatic carbocycles. The lowest BCUT2D eigenvalue weighted by molar-refractivity contribution is -0.117. The highest BCUT2D eigenvalue weighted by molar-refractivity contribution is 7.92. The Bertz CT molecular complexity index is 913. The van der Waals surface area contributed by atoms with Gasteiger partial charge in [-0.25, -0.2) is 12.8 Å². The Kier molecular flexibility index (Phi) is 6.02. The number of nitrogens with zero attached hydrogens (tertiary/aromatic N) is 1. The van der Waals surface area contributed by atoms with Crippen LogP contribution >= 0.6 is 0 Å². The van der Waals surface area contributed by atoms with E-state index in [1.54, 1.807) is 6.92 Å². The number of hydrogen-bond donors (Lipinski definition) is 1. The fraction of sp³-hybridized carbons (Fsp3) is 0.316. The van der Waals surface area contributed by atoms with E-state index in [-0.39, 0.29) is 12.1 Å². The molecular weight excluding hydrogens is 355 g/mol. The second-order valence-electron chi connectivity index (χ2n) is 6.24. The molecule has 0 spiro atoms. The molecule has 0 aliphatic heterocycles. The van der Waals surface area contributed by atoms with Gasteiger partial charge in [0.2, 0.25) is 15.9 Å². The van der Waals surface area contributed by atoms with E-state index in [1.165, 1.54) is 24.3 Å². The first-order chi connectivity index (χ1) is 12.1. The molecular formula is C19H23FN2O3S. The number of halogens is 1. The summed E-state index contributed by atoms with van der Waals surface area (Å²) in [6.45, 7) is 5.43. The molecule has 0 saturated carbocycles. The topological polar surface area (TPSA) is 66.5 Å². The number of hydrogen-bond acceptors (Lipinski definition) is 3. The number of anilines is 2. The van der Waals surface area contributed by atoms with Crippen LogP contribution in [0, 0.1) is 19.7 Å². The number of nitrogens with one attached hydrogen (secondary N) is 1. The number of para-hydroxylation sites is 1. The van der Waals surface area contributed by atoms with Crippen LogP contribution in [0.3, 0.4) is 0 Å². The molecule has 0 aliphatic rings. The fourth-order valence-electron chi connectivity index (χ4n) is 2.75. The van der Waals surface area contributed by atoms with Gasteiger partial charge >= 0.3 is 0 Å². The minimum Gasteiger partial charge on any atom is -0.324 e. The van der Waals surface area contributed by atoms with E-state index in [2.05, 4.69) is 5.32 Å². The van der Waals surface area contributed by atoms with Crippen molar-refractivity contribution in [1.29, 1.82) is 0 Å². The quantitative estimate of drug-likeness (QED) is 0.835. The molecule has 0 aromatic heterocycles. The second kappa shape index (κ2) is 7.86. The summed E-state index contributed by atoms with van der Waals surface area (Å²) >= 11 is 0. The number of benzene rings is 2. The Morgan fingerprint density at radius 3 is 2.42 bits per heavy atom. The fourth-order valence-corrected chi connectivity index (χ4v) is 3.96. The van der Waals surface area contributed by atoms with E-state index in [4.69, 9.17) is 0 Å². The van der Waals surface area contributed by atoms with Gasteiger partial charge in [-0.3, -0.25) is 9.10 Å². The van der Waals surface area contributed by atoms with Gasteiger partial charge < -0.3 is 5.32 Å². The zero-order valence-electron chi connectivity index (χ0n) is 15.3. The normalized spacial score (nSPS) is 12.5. The summed E-state index contributed by atoms with van der Waals surface area (Å²) in [5.74, 6) is -1.20. The molecule has 5 nitrogen and oxygen atoms in total. The summed E-state index contributed by atoms with van der Waals surface area (Å²) in [5, 5.41) is 2.78. The van der Waals surface area contributed by atoms with Crippen molar-refractivity contribution in [2.24, 2.45) is 0 Å². The summed E-state index contributed by atoms with van der Waals surface area (Å²) in [6, 6.07) is 10.1. The van der Waals surface area contributed by atoms with Crippen LogP contribution in [0.4, 0.5) is 15.8 Å². The van der Waals surface area contributed by atoms with Crippen molar-refractivity contribution >= 4 is 27.3 Å². The van der Waals surface area contributed by atoms with Crippen molar-refractivity contribution in [3.63, 3.8) is 0 Å². The predicted molar refractivity (Wildman–Crippen MR) is 102 cm³/mol. The molecule has 0 heterocycles. The highest BCUT2D eigenvalue weighted by atomic mass is 32.2. The van der Waals surface area contributed by atoms with E-state index in [0.717, 1.165) is 21.7 Å². The van der Waals surface area contributed by atoms with Gasteiger partial charge in [0.25, 0.3) is 0 Å². The number of carbonyl (C=O) groups excluding carboxylic acids is 1. The van der Waals surface area contributed by atoms with E-state index in [9.17, 15) is 17.6 Å². The first-order valence-electron chi connectivity index (χ1n) is 8.27. The first-order valence-corrected chi connectivity index (χ1v) is 10.1. The molecule has 1 N–H and O–H groups in total. The van der Waals surface area contributed by atoms with Gasteiger partial charge in [-0.2, -0.15) is 0 Å². The van der Waals surface area contributed by atoms with Crippen LogP contribution in [0.15, 0.2) is 42.5 Å². The van der Waals surface area contributed by atoms with Crippen LogP contribution < -0.4 is 9.62 Å². The van der Waals surface area contributed by atoms with Gasteiger partial charge in [0.05, 0.1) is 11.9 Å². The predicted octanol–water partition coefficient (Wildman–Crippen LogP) is 3.63. The smallest absolute Gasteiger partial charge is 0.248 e. The minimum atomic E-state index is -3.87. The van der Waals surface area contributed by atoms with E-state index in [0.29, 0.717) is 5.69 Å².